The van der Waals surface area contributed by atoms with Crippen LogP contribution in [0, 0.1) is 19.8 Å². The molecule has 31 heavy (non-hydrogen) atoms. The molecule has 0 unspecified atom stereocenters. The normalized spacial score (nSPS) is 19.7. The van der Waals surface area contributed by atoms with Gasteiger partial charge in [0.15, 0.2) is 0 Å². The van der Waals surface area contributed by atoms with Gasteiger partial charge >= 0.3 is 0 Å². The second-order valence-electron chi connectivity index (χ2n) is 9.13. The predicted molar refractivity (Wildman–Crippen MR) is 124 cm³/mol. The van der Waals surface area contributed by atoms with E-state index >= 15 is 0 Å². The molecule has 4 rings (SSSR count). The summed E-state index contributed by atoms with van der Waals surface area (Å²) in [5.74, 6) is 0.735. The number of nitrogens with zero attached hydrogens (tertiary/aromatic N) is 2. The number of aryl methyl sites for hydroxylation is 1. The van der Waals surface area contributed by atoms with Crippen LogP contribution in [0.1, 0.15) is 48.1 Å². The summed E-state index contributed by atoms with van der Waals surface area (Å²) in [5.41, 5.74) is 5.34. The number of benzene rings is 2. The molecule has 2 amide bonds. The van der Waals surface area contributed by atoms with Gasteiger partial charge in [-0.15, -0.1) is 0 Å². The van der Waals surface area contributed by atoms with Crippen LogP contribution >= 0.6 is 0 Å². The number of nitrogens with one attached hydrogen (secondary N) is 1. The molecule has 2 heterocycles. The van der Waals surface area contributed by atoms with E-state index in [1.807, 2.05) is 49.1 Å². The summed E-state index contributed by atoms with van der Waals surface area (Å²) in [6.45, 7) is 8.84. The number of carbonyl (C=O) groups is 2. The molecule has 1 atom stereocenters. The highest BCUT2D eigenvalue weighted by Gasteiger charge is 2.37. The first-order chi connectivity index (χ1) is 14.9. The topological polar surface area (TPSA) is 52.7 Å². The van der Waals surface area contributed by atoms with Crippen molar-refractivity contribution in [3.8, 4) is 0 Å². The maximum atomic E-state index is 13.6. The van der Waals surface area contributed by atoms with Crippen LogP contribution in [-0.2, 0) is 16.0 Å². The van der Waals surface area contributed by atoms with Gasteiger partial charge in [-0.3, -0.25) is 14.5 Å². The molecule has 0 saturated carbocycles. The van der Waals surface area contributed by atoms with E-state index in [4.69, 9.17) is 0 Å². The zero-order chi connectivity index (χ0) is 22.0. The minimum Gasteiger partial charge on any atom is -0.341 e. The van der Waals surface area contributed by atoms with Gasteiger partial charge in [0.1, 0.15) is 6.04 Å². The van der Waals surface area contributed by atoms with Crippen molar-refractivity contribution in [3.63, 3.8) is 0 Å². The Labute approximate surface area is 185 Å². The number of fused-ring (bicyclic) bond motifs is 1. The molecular weight excluding hydrogens is 386 g/mol. The van der Waals surface area contributed by atoms with Crippen LogP contribution in [0.25, 0.3) is 0 Å². The largest absolute Gasteiger partial charge is 0.341 e. The average molecular weight is 420 g/mol. The lowest BCUT2D eigenvalue weighted by atomic mass is 9.90. The SMILES string of the molecule is Cc1cccc(NC(=O)CN2CCc3ccccc3[C@H]2C(=O)N2CCC(C)CC2)c1C. The molecule has 1 N–H and O–H groups in total. The van der Waals surface area contributed by atoms with E-state index in [0.29, 0.717) is 12.5 Å². The third-order valence-electron chi connectivity index (χ3n) is 6.94. The van der Waals surface area contributed by atoms with Crippen molar-refractivity contribution in [3.05, 3.63) is 64.7 Å². The molecule has 1 saturated heterocycles. The Bertz CT molecular complexity index is 963. The lowest BCUT2D eigenvalue weighted by Crippen LogP contribution is -2.50. The maximum absolute atomic E-state index is 13.6. The van der Waals surface area contributed by atoms with Gasteiger partial charge in [0.2, 0.25) is 11.8 Å². The lowest BCUT2D eigenvalue weighted by molar-refractivity contribution is -0.139. The molecule has 5 heteroatoms. The Kier molecular flexibility index (Phi) is 6.42. The van der Waals surface area contributed by atoms with E-state index in [0.717, 1.165) is 54.7 Å². The number of carbonyl (C=O) groups excluding carboxylic acids is 2. The fourth-order valence-electron chi connectivity index (χ4n) is 4.74. The lowest BCUT2D eigenvalue weighted by Gasteiger charge is -2.40. The summed E-state index contributed by atoms with van der Waals surface area (Å²) in [6.07, 6.45) is 2.95. The number of hydrogen-bond donors (Lipinski definition) is 1. The molecule has 2 aliphatic rings. The number of hydrogen-bond acceptors (Lipinski definition) is 3. The van der Waals surface area contributed by atoms with Crippen LogP contribution in [0.2, 0.25) is 0 Å². The van der Waals surface area contributed by atoms with Gasteiger partial charge < -0.3 is 10.2 Å². The van der Waals surface area contributed by atoms with Crippen molar-refractivity contribution >= 4 is 17.5 Å². The fourth-order valence-corrected chi connectivity index (χ4v) is 4.74. The van der Waals surface area contributed by atoms with E-state index < -0.39 is 0 Å². The van der Waals surface area contributed by atoms with Gasteiger partial charge in [-0.25, -0.2) is 0 Å². The minimum absolute atomic E-state index is 0.0712. The summed E-state index contributed by atoms with van der Waals surface area (Å²) in [6, 6.07) is 13.7. The van der Waals surface area contributed by atoms with Crippen molar-refractivity contribution in [1.29, 1.82) is 0 Å². The zero-order valence-corrected chi connectivity index (χ0v) is 18.9. The minimum atomic E-state index is -0.386. The molecule has 0 aromatic heterocycles. The van der Waals surface area contributed by atoms with Crippen LogP contribution in [0.15, 0.2) is 42.5 Å². The smallest absolute Gasteiger partial charge is 0.244 e. The maximum Gasteiger partial charge on any atom is 0.244 e. The van der Waals surface area contributed by atoms with Crippen molar-refractivity contribution in [2.45, 2.75) is 46.1 Å². The van der Waals surface area contributed by atoms with Crippen LogP contribution in [0.3, 0.4) is 0 Å². The molecule has 0 radical (unpaired) electrons. The molecule has 1 fully saturated rings. The summed E-state index contributed by atoms with van der Waals surface area (Å²) < 4.78 is 0. The van der Waals surface area contributed by atoms with E-state index in [-0.39, 0.29) is 24.4 Å². The van der Waals surface area contributed by atoms with Crippen molar-refractivity contribution in [1.82, 2.24) is 9.80 Å². The summed E-state index contributed by atoms with van der Waals surface area (Å²) in [5, 5.41) is 3.06. The van der Waals surface area contributed by atoms with Gasteiger partial charge in [0, 0.05) is 25.3 Å². The summed E-state index contributed by atoms with van der Waals surface area (Å²) in [7, 11) is 0. The molecule has 0 aliphatic carbocycles. The van der Waals surface area contributed by atoms with Gasteiger partial charge in [-0.1, -0.05) is 43.3 Å². The average Bonchev–Trinajstić information content (AvgIpc) is 2.77. The van der Waals surface area contributed by atoms with E-state index in [2.05, 4.69) is 29.3 Å². The van der Waals surface area contributed by atoms with Crippen LogP contribution in [0.5, 0.6) is 0 Å². The van der Waals surface area contributed by atoms with Crippen LogP contribution < -0.4 is 5.32 Å². The molecular formula is C26H33N3O2. The number of amides is 2. The first-order valence-corrected chi connectivity index (χ1v) is 11.4. The van der Waals surface area contributed by atoms with E-state index in [1.165, 1.54) is 5.56 Å². The Morgan fingerprint density at radius 3 is 2.52 bits per heavy atom. The highest BCUT2D eigenvalue weighted by Crippen LogP contribution is 2.32. The van der Waals surface area contributed by atoms with Crippen molar-refractivity contribution in [2.75, 3.05) is 31.5 Å². The molecule has 164 valence electrons. The van der Waals surface area contributed by atoms with Gasteiger partial charge in [0.05, 0.1) is 6.54 Å². The van der Waals surface area contributed by atoms with E-state index in [9.17, 15) is 9.59 Å². The molecule has 2 aromatic carbocycles. The summed E-state index contributed by atoms with van der Waals surface area (Å²) in [4.78, 5) is 30.7. The molecule has 2 aromatic rings. The van der Waals surface area contributed by atoms with Gasteiger partial charge in [-0.2, -0.15) is 0 Å². The monoisotopic (exact) mass is 419 g/mol. The predicted octanol–water partition coefficient (Wildman–Crippen LogP) is 4.10. The second kappa shape index (κ2) is 9.23. The third kappa shape index (κ3) is 4.67. The van der Waals surface area contributed by atoms with Crippen molar-refractivity contribution in [2.24, 2.45) is 5.92 Å². The van der Waals surface area contributed by atoms with Crippen LogP contribution in [0.4, 0.5) is 5.69 Å². The zero-order valence-electron chi connectivity index (χ0n) is 18.9. The van der Waals surface area contributed by atoms with Crippen LogP contribution in [-0.4, -0.2) is 47.8 Å². The quantitative estimate of drug-likeness (QED) is 0.812. The number of piperidine rings is 1. The molecule has 0 bridgehead atoms. The third-order valence-corrected chi connectivity index (χ3v) is 6.94. The Morgan fingerprint density at radius 1 is 1.00 bits per heavy atom. The first-order valence-electron chi connectivity index (χ1n) is 11.4. The molecule has 2 aliphatic heterocycles. The Morgan fingerprint density at radius 2 is 1.74 bits per heavy atom. The molecule has 5 nitrogen and oxygen atoms in total. The highest BCUT2D eigenvalue weighted by atomic mass is 16.2. The van der Waals surface area contributed by atoms with E-state index in [1.54, 1.807) is 0 Å². The number of rotatable bonds is 4. The van der Waals surface area contributed by atoms with Gasteiger partial charge in [-0.05, 0) is 67.3 Å². The first kappa shape index (κ1) is 21.6. The summed E-state index contributed by atoms with van der Waals surface area (Å²) >= 11 is 0. The highest BCUT2D eigenvalue weighted by molar-refractivity contribution is 5.94. The molecule has 0 spiro atoms. The Hall–Kier alpha value is -2.66. The Balaban J connectivity index is 1.54. The standard InChI is InChI=1S/C26H33N3O2/c1-18-11-14-28(15-12-18)26(31)25-22-9-5-4-8-21(22)13-16-29(25)17-24(30)27-23-10-6-7-19(2)20(23)3/h4-10,18,25H,11-17H2,1-3H3,(H,27,30)/t25-/m0/s1. The van der Waals surface area contributed by atoms with Gasteiger partial charge in [0.25, 0.3) is 0 Å². The van der Waals surface area contributed by atoms with Crippen molar-refractivity contribution < 1.29 is 9.59 Å². The number of likely N-dealkylation sites (tertiary alicyclic amines) is 1. The second-order valence-corrected chi connectivity index (χ2v) is 9.13. The fraction of sp³-hybridized carbons (Fsp3) is 0.462. The number of anilines is 1.